The van der Waals surface area contributed by atoms with Gasteiger partial charge in [-0.2, -0.15) is 0 Å². The highest BCUT2D eigenvalue weighted by Gasteiger charge is 2.39. The fourth-order valence-corrected chi connectivity index (χ4v) is 6.90. The number of nitrogens with zero attached hydrogens (tertiary/aromatic N) is 2. The molecule has 6 rings (SSSR count). The molecule has 1 aliphatic heterocycles. The third-order valence-electron chi connectivity index (χ3n) is 8.20. The van der Waals surface area contributed by atoms with Crippen LogP contribution in [0.1, 0.15) is 41.6 Å². The molecule has 8 nitrogen and oxygen atoms in total. The second kappa shape index (κ2) is 14.1. The van der Waals surface area contributed by atoms with E-state index < -0.39 is 16.3 Å². The van der Waals surface area contributed by atoms with Crippen LogP contribution in [-0.4, -0.2) is 29.2 Å². The smallest absolute Gasteiger partial charge is 0.240 e. The molecule has 11 heteroatoms. The van der Waals surface area contributed by atoms with Crippen molar-refractivity contribution in [2.75, 3.05) is 0 Å². The Bertz CT molecular complexity index is 1880. The van der Waals surface area contributed by atoms with E-state index >= 15 is 0 Å². The van der Waals surface area contributed by atoms with Crippen molar-refractivity contribution in [2.24, 2.45) is 5.92 Å². The van der Waals surface area contributed by atoms with Gasteiger partial charge in [0.05, 0.1) is 36.6 Å². The molecule has 1 aromatic heterocycles. The maximum absolute atomic E-state index is 12.7. The Labute approximate surface area is 278 Å². The molecule has 1 saturated heterocycles. The summed E-state index contributed by atoms with van der Waals surface area (Å²) >= 11 is 12.5. The minimum atomic E-state index is -3.62. The minimum Gasteiger partial charge on any atom is -0.392 e. The number of aromatic nitrogens is 2. The molecule has 2 heterocycles. The van der Waals surface area contributed by atoms with Gasteiger partial charge in [-0.3, -0.25) is 0 Å². The van der Waals surface area contributed by atoms with Crippen LogP contribution < -0.4 is 4.72 Å². The monoisotopic (exact) mass is 677 g/mol. The van der Waals surface area contributed by atoms with Crippen LogP contribution in [-0.2, 0) is 39.2 Å². The van der Waals surface area contributed by atoms with Crippen LogP contribution in [0.25, 0.3) is 11.1 Å². The Morgan fingerprint density at radius 2 is 1.57 bits per heavy atom. The zero-order valence-corrected chi connectivity index (χ0v) is 27.3. The molecule has 0 amide bonds. The van der Waals surface area contributed by atoms with Gasteiger partial charge in [-0.25, -0.2) is 18.1 Å². The van der Waals surface area contributed by atoms with Gasteiger partial charge < -0.3 is 19.1 Å². The maximum Gasteiger partial charge on any atom is 0.240 e. The molecule has 1 fully saturated rings. The molecule has 0 bridgehead atoms. The summed E-state index contributed by atoms with van der Waals surface area (Å²) in [5, 5.41) is 10.1. The number of aliphatic hydroxyl groups is 1. The number of nitrogens with one attached hydrogen (secondary N) is 1. The maximum atomic E-state index is 12.7. The number of aliphatic hydroxyl groups excluding tert-OH is 1. The quantitative estimate of drug-likeness (QED) is 0.161. The second-order valence-electron chi connectivity index (χ2n) is 11.3. The molecule has 0 spiro atoms. The lowest BCUT2D eigenvalue weighted by Crippen LogP contribution is -2.39. The molecule has 0 radical (unpaired) electrons. The normalized spacial score (nSPS) is 20.1. The van der Waals surface area contributed by atoms with Gasteiger partial charge in [0, 0.05) is 18.0 Å². The Kier molecular flexibility index (Phi) is 9.91. The van der Waals surface area contributed by atoms with Crippen LogP contribution in [0.15, 0.2) is 114 Å². The lowest BCUT2D eigenvalue weighted by atomic mass is 9.90. The minimum absolute atomic E-state index is 0.0336. The van der Waals surface area contributed by atoms with Crippen LogP contribution >= 0.6 is 23.2 Å². The van der Waals surface area contributed by atoms with Gasteiger partial charge in [-0.1, -0.05) is 115 Å². The molecule has 4 aromatic carbocycles. The number of imidazole rings is 1. The predicted molar refractivity (Wildman–Crippen MR) is 178 cm³/mol. The van der Waals surface area contributed by atoms with Gasteiger partial charge in [0.2, 0.25) is 10.0 Å². The van der Waals surface area contributed by atoms with E-state index in [1.54, 1.807) is 41.2 Å². The number of hydrogen-bond donors (Lipinski definition) is 2. The SMILES string of the molecule is C[C@H]1[C@@H](Cn2cnc(Cl)c2Cl)O[C@@H](c2ccc(-c3cccc(CNS(=O)(=O)c4ccccc4)c3)cc2)O[C@H]1c1ccc(CO)cc1. The van der Waals surface area contributed by atoms with Gasteiger partial charge in [-0.05, 0) is 46.0 Å². The van der Waals surface area contributed by atoms with Crippen molar-refractivity contribution >= 4 is 33.2 Å². The highest BCUT2D eigenvalue weighted by Crippen LogP contribution is 2.42. The van der Waals surface area contributed by atoms with Gasteiger partial charge in [0.1, 0.15) is 5.15 Å². The van der Waals surface area contributed by atoms with Crippen molar-refractivity contribution in [2.45, 2.75) is 50.0 Å². The van der Waals surface area contributed by atoms with Gasteiger partial charge >= 0.3 is 0 Å². The average Bonchev–Trinajstić information content (AvgIpc) is 3.41. The van der Waals surface area contributed by atoms with E-state index in [0.29, 0.717) is 11.7 Å². The molecule has 2 N–H and O–H groups in total. The van der Waals surface area contributed by atoms with Crippen LogP contribution in [0, 0.1) is 5.92 Å². The van der Waals surface area contributed by atoms with Crippen LogP contribution in [0.4, 0.5) is 0 Å². The summed E-state index contributed by atoms with van der Waals surface area (Å²) in [5.74, 6) is -0.0465. The van der Waals surface area contributed by atoms with Crippen LogP contribution in [0.5, 0.6) is 0 Å². The summed E-state index contributed by atoms with van der Waals surface area (Å²) in [6.07, 6.45) is 0.380. The first-order valence-electron chi connectivity index (χ1n) is 14.8. The Morgan fingerprint density at radius 3 is 2.24 bits per heavy atom. The second-order valence-corrected chi connectivity index (χ2v) is 13.7. The van der Waals surface area contributed by atoms with Crippen LogP contribution in [0.3, 0.4) is 0 Å². The third-order valence-corrected chi connectivity index (χ3v) is 10.4. The zero-order valence-electron chi connectivity index (χ0n) is 25.0. The van der Waals surface area contributed by atoms with Gasteiger partial charge in [-0.15, -0.1) is 0 Å². The first kappa shape index (κ1) is 32.4. The standard InChI is InChI=1S/C35H33Cl2N3O5S/c1-23-31(20-40-22-38-33(36)34(40)37)44-35(45-32(23)27-12-10-24(21-41)11-13-27)28-16-14-26(15-17-28)29-7-5-6-25(18-29)19-39-46(42,43)30-8-3-2-4-9-30/h2-18,22-23,31-32,35,39,41H,19-21H2,1H3/t23-,31+,32+,35+/m0/s1. The Morgan fingerprint density at radius 1 is 0.848 bits per heavy atom. The predicted octanol–water partition coefficient (Wildman–Crippen LogP) is 7.32. The van der Waals surface area contributed by atoms with E-state index in [9.17, 15) is 13.5 Å². The lowest BCUT2D eigenvalue weighted by Gasteiger charge is -2.41. The van der Waals surface area contributed by atoms with E-state index in [1.807, 2.05) is 72.8 Å². The van der Waals surface area contributed by atoms with E-state index in [1.165, 1.54) is 0 Å². The molecule has 1 aliphatic rings. The fraction of sp³-hybridized carbons (Fsp3) is 0.229. The van der Waals surface area contributed by atoms with Crippen molar-refractivity contribution in [1.82, 2.24) is 14.3 Å². The number of rotatable bonds is 10. The summed E-state index contributed by atoms with van der Waals surface area (Å²) in [7, 11) is -3.62. The number of halogens is 2. The third kappa shape index (κ3) is 7.21. The largest absolute Gasteiger partial charge is 0.392 e. The van der Waals surface area contributed by atoms with Crippen molar-refractivity contribution < 1.29 is 23.0 Å². The first-order chi connectivity index (χ1) is 22.2. The Hall–Kier alpha value is -3.54. The summed E-state index contributed by atoms with van der Waals surface area (Å²) in [6.45, 7) is 2.64. The topological polar surface area (TPSA) is 103 Å². The number of benzene rings is 4. The van der Waals surface area contributed by atoms with E-state index in [4.69, 9.17) is 32.7 Å². The molecular weight excluding hydrogens is 645 g/mol. The van der Waals surface area contributed by atoms with Crippen LogP contribution in [0.2, 0.25) is 10.3 Å². The lowest BCUT2D eigenvalue weighted by molar-refractivity contribution is -0.276. The number of ether oxygens (including phenoxy) is 2. The number of hydrogen-bond acceptors (Lipinski definition) is 6. The molecule has 5 aromatic rings. The average molecular weight is 679 g/mol. The molecule has 4 atom stereocenters. The summed E-state index contributed by atoms with van der Waals surface area (Å²) in [5.41, 5.74) is 5.41. The Balaban J connectivity index is 1.21. The summed E-state index contributed by atoms with van der Waals surface area (Å²) in [4.78, 5) is 4.34. The van der Waals surface area contributed by atoms with E-state index in [2.05, 4.69) is 16.6 Å². The summed E-state index contributed by atoms with van der Waals surface area (Å²) < 4.78 is 43.0. The summed E-state index contributed by atoms with van der Waals surface area (Å²) in [6, 6.07) is 31.8. The van der Waals surface area contributed by atoms with Crippen molar-refractivity contribution in [3.63, 3.8) is 0 Å². The van der Waals surface area contributed by atoms with Crippen molar-refractivity contribution in [3.05, 3.63) is 142 Å². The van der Waals surface area contributed by atoms with E-state index in [-0.39, 0.29) is 41.3 Å². The van der Waals surface area contributed by atoms with Crippen molar-refractivity contribution in [3.8, 4) is 11.1 Å². The highest BCUT2D eigenvalue weighted by atomic mass is 35.5. The first-order valence-corrected chi connectivity index (χ1v) is 17.1. The molecule has 0 unspecified atom stereocenters. The molecular formula is C35H33Cl2N3O5S. The van der Waals surface area contributed by atoms with Gasteiger partial charge in [0.15, 0.2) is 11.4 Å². The molecule has 0 saturated carbocycles. The molecule has 46 heavy (non-hydrogen) atoms. The molecule has 0 aliphatic carbocycles. The van der Waals surface area contributed by atoms with E-state index in [0.717, 1.165) is 33.4 Å². The number of sulfonamides is 1. The fourth-order valence-electron chi connectivity index (χ4n) is 5.55. The highest BCUT2D eigenvalue weighted by molar-refractivity contribution is 7.89. The zero-order chi connectivity index (χ0) is 32.3. The molecule has 238 valence electrons. The van der Waals surface area contributed by atoms with Crippen molar-refractivity contribution in [1.29, 1.82) is 0 Å². The van der Waals surface area contributed by atoms with Gasteiger partial charge in [0.25, 0.3) is 0 Å².